The second-order valence-corrected chi connectivity index (χ2v) is 5.72. The number of carbonyl (C=O) groups excluding carboxylic acids is 2. The molecule has 0 aliphatic carbocycles. The highest BCUT2D eigenvalue weighted by Gasteiger charge is 2.18. The quantitative estimate of drug-likeness (QED) is 0.827. The van der Waals surface area contributed by atoms with E-state index in [1.54, 1.807) is 13.8 Å². The molecule has 0 aromatic heterocycles. The molecule has 0 aliphatic heterocycles. The minimum Gasteiger partial charge on any atom is -0.322 e. The van der Waals surface area contributed by atoms with Crippen molar-refractivity contribution in [2.24, 2.45) is 0 Å². The smallest absolute Gasteiger partial charge is 0.250 e. The molecule has 1 rings (SSSR count). The van der Waals surface area contributed by atoms with Gasteiger partial charge in [-0.2, -0.15) is 0 Å². The summed E-state index contributed by atoms with van der Waals surface area (Å²) >= 11 is 0. The second-order valence-electron chi connectivity index (χ2n) is 5.72. The molecule has 4 heteroatoms. The van der Waals surface area contributed by atoms with E-state index in [2.05, 4.69) is 23.8 Å². The van der Waals surface area contributed by atoms with Crippen LogP contribution in [-0.2, 0) is 9.59 Å². The molecule has 0 spiro atoms. The Balaban J connectivity index is 3.43. The van der Waals surface area contributed by atoms with Crippen molar-refractivity contribution < 1.29 is 9.59 Å². The summed E-state index contributed by atoms with van der Waals surface area (Å²) in [6.07, 6.45) is 0. The predicted molar refractivity (Wildman–Crippen MR) is 92.3 cm³/mol. The van der Waals surface area contributed by atoms with Gasteiger partial charge in [0.15, 0.2) is 0 Å². The zero-order valence-electron chi connectivity index (χ0n) is 14.2. The van der Waals surface area contributed by atoms with E-state index in [1.807, 2.05) is 27.7 Å². The van der Waals surface area contributed by atoms with Crippen molar-refractivity contribution in [3.8, 4) is 0 Å². The van der Waals surface area contributed by atoms with Crippen molar-refractivity contribution in [3.05, 3.63) is 46.6 Å². The van der Waals surface area contributed by atoms with Crippen LogP contribution >= 0.6 is 0 Å². The lowest BCUT2D eigenvalue weighted by Crippen LogP contribution is -2.18. The summed E-state index contributed by atoms with van der Waals surface area (Å²) in [6, 6.07) is 0. The average Bonchev–Trinajstić information content (AvgIpc) is 2.45. The highest BCUT2D eigenvalue weighted by atomic mass is 16.2. The third kappa shape index (κ3) is 3.45. The molecule has 4 nitrogen and oxygen atoms in total. The molecular formula is C18H24N2O2. The molecule has 0 aliphatic rings. The van der Waals surface area contributed by atoms with Crippen LogP contribution in [0.3, 0.4) is 0 Å². The summed E-state index contributed by atoms with van der Waals surface area (Å²) in [4.78, 5) is 23.9. The Morgan fingerprint density at radius 3 is 1.27 bits per heavy atom. The zero-order valence-corrected chi connectivity index (χ0v) is 14.2. The monoisotopic (exact) mass is 300 g/mol. The van der Waals surface area contributed by atoms with Gasteiger partial charge in [0.05, 0.1) is 0 Å². The van der Waals surface area contributed by atoms with Gasteiger partial charge in [0.1, 0.15) is 0 Å². The molecule has 22 heavy (non-hydrogen) atoms. The Morgan fingerprint density at radius 1 is 0.682 bits per heavy atom. The first-order valence-electron chi connectivity index (χ1n) is 7.12. The third-order valence-corrected chi connectivity index (χ3v) is 3.88. The molecule has 2 N–H and O–H groups in total. The van der Waals surface area contributed by atoms with Crippen LogP contribution in [0.25, 0.3) is 0 Å². The Morgan fingerprint density at radius 2 is 1.00 bits per heavy atom. The lowest BCUT2D eigenvalue weighted by Gasteiger charge is -2.21. The predicted octanol–water partition coefficient (Wildman–Crippen LogP) is 3.95. The van der Waals surface area contributed by atoms with E-state index in [4.69, 9.17) is 0 Å². The van der Waals surface area contributed by atoms with Crippen LogP contribution in [0.5, 0.6) is 0 Å². The lowest BCUT2D eigenvalue weighted by atomic mass is 9.95. The second kappa shape index (κ2) is 6.60. The van der Waals surface area contributed by atoms with E-state index < -0.39 is 0 Å². The fourth-order valence-corrected chi connectivity index (χ4v) is 2.16. The van der Waals surface area contributed by atoms with Crippen LogP contribution in [0.1, 0.15) is 36.1 Å². The summed E-state index contributed by atoms with van der Waals surface area (Å²) in [5.41, 5.74) is 6.12. The van der Waals surface area contributed by atoms with Gasteiger partial charge in [0.25, 0.3) is 11.8 Å². The maximum atomic E-state index is 11.9. The summed E-state index contributed by atoms with van der Waals surface area (Å²) < 4.78 is 0. The number of amides is 2. The number of hydrogen-bond donors (Lipinski definition) is 2. The number of hydrogen-bond acceptors (Lipinski definition) is 2. The molecular weight excluding hydrogens is 276 g/mol. The van der Waals surface area contributed by atoms with E-state index in [9.17, 15) is 9.59 Å². The van der Waals surface area contributed by atoms with Crippen molar-refractivity contribution in [2.45, 2.75) is 41.5 Å². The molecule has 1 aromatic rings. The number of benzene rings is 1. The zero-order chi connectivity index (χ0) is 17.2. The Labute approximate surface area is 132 Å². The number of nitrogens with one attached hydrogen (secondary N) is 2. The summed E-state index contributed by atoms with van der Waals surface area (Å²) in [6.45, 7) is 18.4. The Kier molecular flexibility index (Phi) is 5.31. The molecule has 0 radical (unpaired) electrons. The van der Waals surface area contributed by atoms with Crippen LogP contribution in [0.15, 0.2) is 24.3 Å². The summed E-state index contributed by atoms with van der Waals surface area (Å²) in [5, 5.41) is 5.75. The molecule has 0 atom stereocenters. The third-order valence-electron chi connectivity index (χ3n) is 3.88. The Hall–Kier alpha value is -2.36. The standard InChI is InChI=1S/C18H24N2O2/c1-9(2)17(21)19-15-12(6)11(5)13(7)16(14(15)8)20-18(22)10(3)4/h1,3H2,2,4-8H3,(H,19,21)(H,20,22). The Bertz CT molecular complexity index is 630. The van der Waals surface area contributed by atoms with Gasteiger partial charge in [-0.05, 0) is 63.8 Å². The van der Waals surface area contributed by atoms with Crippen molar-refractivity contribution in [1.29, 1.82) is 0 Å². The molecule has 0 unspecified atom stereocenters. The van der Waals surface area contributed by atoms with Gasteiger partial charge in [-0.25, -0.2) is 0 Å². The SMILES string of the molecule is C=C(C)C(=O)Nc1c(C)c(C)c(C)c(NC(=O)C(=C)C)c1C. The number of rotatable bonds is 4. The molecule has 0 saturated carbocycles. The molecule has 118 valence electrons. The molecule has 0 heterocycles. The van der Waals surface area contributed by atoms with E-state index in [0.29, 0.717) is 22.5 Å². The maximum Gasteiger partial charge on any atom is 0.250 e. The topological polar surface area (TPSA) is 58.2 Å². The van der Waals surface area contributed by atoms with Gasteiger partial charge in [0.2, 0.25) is 0 Å². The summed E-state index contributed by atoms with van der Waals surface area (Å²) in [7, 11) is 0. The average molecular weight is 300 g/mol. The fraction of sp³-hybridized carbons (Fsp3) is 0.333. The largest absolute Gasteiger partial charge is 0.322 e. The van der Waals surface area contributed by atoms with E-state index in [0.717, 1.165) is 22.3 Å². The van der Waals surface area contributed by atoms with Gasteiger partial charge in [-0.1, -0.05) is 13.2 Å². The molecule has 2 amide bonds. The maximum absolute atomic E-state index is 11.9. The van der Waals surface area contributed by atoms with Crippen molar-refractivity contribution in [1.82, 2.24) is 0 Å². The summed E-state index contributed by atoms with van der Waals surface area (Å²) in [5.74, 6) is -0.460. The van der Waals surface area contributed by atoms with Gasteiger partial charge in [-0.3, -0.25) is 9.59 Å². The number of carbonyl (C=O) groups is 2. The van der Waals surface area contributed by atoms with Crippen molar-refractivity contribution in [2.75, 3.05) is 10.6 Å². The van der Waals surface area contributed by atoms with Crippen LogP contribution in [-0.4, -0.2) is 11.8 Å². The lowest BCUT2D eigenvalue weighted by molar-refractivity contribution is -0.113. The van der Waals surface area contributed by atoms with Crippen LogP contribution < -0.4 is 10.6 Å². The van der Waals surface area contributed by atoms with Crippen molar-refractivity contribution in [3.63, 3.8) is 0 Å². The van der Waals surface area contributed by atoms with Crippen LogP contribution in [0.2, 0.25) is 0 Å². The van der Waals surface area contributed by atoms with E-state index in [-0.39, 0.29) is 11.8 Å². The first kappa shape index (κ1) is 17.7. The molecule has 0 saturated heterocycles. The molecule has 0 bridgehead atoms. The minimum absolute atomic E-state index is 0.230. The van der Waals surface area contributed by atoms with Gasteiger partial charge in [-0.15, -0.1) is 0 Å². The van der Waals surface area contributed by atoms with Gasteiger partial charge in [0, 0.05) is 22.5 Å². The normalized spacial score (nSPS) is 10.1. The van der Waals surface area contributed by atoms with E-state index in [1.165, 1.54) is 0 Å². The first-order chi connectivity index (χ1) is 10.1. The highest BCUT2D eigenvalue weighted by molar-refractivity contribution is 6.07. The van der Waals surface area contributed by atoms with Crippen molar-refractivity contribution >= 4 is 23.2 Å². The minimum atomic E-state index is -0.230. The van der Waals surface area contributed by atoms with Gasteiger partial charge < -0.3 is 10.6 Å². The molecule has 1 aromatic carbocycles. The van der Waals surface area contributed by atoms with Crippen LogP contribution in [0.4, 0.5) is 11.4 Å². The van der Waals surface area contributed by atoms with Gasteiger partial charge >= 0.3 is 0 Å². The number of anilines is 2. The molecule has 0 fully saturated rings. The fourth-order valence-electron chi connectivity index (χ4n) is 2.16. The van der Waals surface area contributed by atoms with Crippen LogP contribution in [0, 0.1) is 27.7 Å². The highest BCUT2D eigenvalue weighted by Crippen LogP contribution is 2.34. The first-order valence-corrected chi connectivity index (χ1v) is 7.12. The van der Waals surface area contributed by atoms with E-state index >= 15 is 0 Å².